The number of nitrogens with one attached hydrogen (secondary N) is 2. The summed E-state index contributed by atoms with van der Waals surface area (Å²) in [6, 6.07) is -0.128. The van der Waals surface area contributed by atoms with Gasteiger partial charge in [-0.25, -0.2) is 0 Å². The first kappa shape index (κ1) is 12.1. The number of aromatic amines is 1. The van der Waals surface area contributed by atoms with E-state index < -0.39 is 0 Å². The first-order chi connectivity index (χ1) is 8.20. The van der Waals surface area contributed by atoms with Gasteiger partial charge >= 0.3 is 0 Å². The number of aromatic nitrogens is 2. The molecule has 6 nitrogen and oxygen atoms in total. The molecule has 6 heteroatoms. The van der Waals surface area contributed by atoms with E-state index in [0.717, 1.165) is 18.5 Å². The first-order valence-electron chi connectivity index (χ1n) is 5.69. The molecule has 0 aromatic carbocycles. The Bertz CT molecular complexity index is 366. The van der Waals surface area contributed by atoms with Crippen LogP contribution in [0.1, 0.15) is 12.0 Å². The zero-order valence-corrected chi connectivity index (χ0v) is 10.1. The Morgan fingerprint density at radius 2 is 2.53 bits per heavy atom. The normalized spacial score (nSPS) is 23.9. The van der Waals surface area contributed by atoms with Crippen molar-refractivity contribution in [3.05, 3.63) is 18.0 Å². The predicted molar refractivity (Wildman–Crippen MR) is 62.3 cm³/mol. The Hall–Kier alpha value is -1.40. The zero-order valence-electron chi connectivity index (χ0n) is 10.1. The molecule has 1 aliphatic heterocycles. The average molecular weight is 238 g/mol. The van der Waals surface area contributed by atoms with E-state index in [1.807, 2.05) is 0 Å². The maximum Gasteiger partial charge on any atom is 0.239 e. The number of H-pyrrole nitrogens is 1. The number of methoxy groups -OCH3 is 1. The van der Waals surface area contributed by atoms with Gasteiger partial charge in [-0.05, 0) is 6.42 Å². The molecule has 94 valence electrons. The molecule has 1 amide bonds. The molecule has 17 heavy (non-hydrogen) atoms. The molecule has 1 aromatic heterocycles. The lowest BCUT2D eigenvalue weighted by Gasteiger charge is -2.20. The van der Waals surface area contributed by atoms with Crippen LogP contribution in [0.25, 0.3) is 0 Å². The minimum Gasteiger partial charge on any atom is -0.380 e. The highest BCUT2D eigenvalue weighted by Crippen LogP contribution is 2.12. The lowest BCUT2D eigenvalue weighted by molar-refractivity contribution is -0.132. The molecule has 0 bridgehead atoms. The number of ether oxygens (including phenoxy) is 1. The second-order valence-corrected chi connectivity index (χ2v) is 4.36. The molecule has 0 saturated carbocycles. The van der Waals surface area contributed by atoms with E-state index in [-0.39, 0.29) is 18.1 Å². The first-order valence-corrected chi connectivity index (χ1v) is 5.69. The number of rotatable bonds is 4. The summed E-state index contributed by atoms with van der Waals surface area (Å²) in [7, 11) is 3.48. The van der Waals surface area contributed by atoms with Crippen molar-refractivity contribution in [2.45, 2.75) is 25.1 Å². The fourth-order valence-corrected chi connectivity index (χ4v) is 2.05. The Morgan fingerprint density at radius 3 is 3.12 bits per heavy atom. The third kappa shape index (κ3) is 2.83. The van der Waals surface area contributed by atoms with E-state index in [9.17, 15) is 4.79 Å². The highest BCUT2D eigenvalue weighted by atomic mass is 16.5. The van der Waals surface area contributed by atoms with Crippen LogP contribution < -0.4 is 5.32 Å². The van der Waals surface area contributed by atoms with Crippen LogP contribution in [0.5, 0.6) is 0 Å². The van der Waals surface area contributed by atoms with Crippen LogP contribution >= 0.6 is 0 Å². The molecular weight excluding hydrogens is 220 g/mol. The summed E-state index contributed by atoms with van der Waals surface area (Å²) in [5, 5.41) is 9.77. The molecule has 0 spiro atoms. The van der Waals surface area contributed by atoms with Gasteiger partial charge in [0.15, 0.2) is 0 Å². The monoisotopic (exact) mass is 238 g/mol. The van der Waals surface area contributed by atoms with Crippen molar-refractivity contribution in [3.8, 4) is 0 Å². The van der Waals surface area contributed by atoms with Gasteiger partial charge in [-0.2, -0.15) is 5.10 Å². The molecule has 1 aliphatic rings. The molecule has 2 rings (SSSR count). The topological polar surface area (TPSA) is 70.2 Å². The van der Waals surface area contributed by atoms with Crippen molar-refractivity contribution in [1.82, 2.24) is 20.4 Å². The van der Waals surface area contributed by atoms with Crippen LogP contribution in [0.15, 0.2) is 12.4 Å². The summed E-state index contributed by atoms with van der Waals surface area (Å²) in [5.74, 6) is 0.103. The minimum absolute atomic E-state index is 0.103. The van der Waals surface area contributed by atoms with Gasteiger partial charge in [-0.3, -0.25) is 9.89 Å². The van der Waals surface area contributed by atoms with Crippen LogP contribution in [-0.4, -0.2) is 53.9 Å². The minimum atomic E-state index is -0.128. The highest BCUT2D eigenvalue weighted by Gasteiger charge is 2.31. The Labute approximate surface area is 100 Å². The number of hydrogen-bond donors (Lipinski definition) is 2. The van der Waals surface area contributed by atoms with E-state index in [4.69, 9.17) is 4.74 Å². The van der Waals surface area contributed by atoms with Crippen molar-refractivity contribution in [3.63, 3.8) is 0 Å². The molecule has 2 N–H and O–H groups in total. The summed E-state index contributed by atoms with van der Waals surface area (Å²) >= 11 is 0. The van der Waals surface area contributed by atoms with Crippen LogP contribution in [0.2, 0.25) is 0 Å². The van der Waals surface area contributed by atoms with Crippen molar-refractivity contribution in [2.75, 3.05) is 20.7 Å². The number of likely N-dealkylation sites (N-methyl/N-ethyl adjacent to an activating group) is 1. The van der Waals surface area contributed by atoms with E-state index in [0.29, 0.717) is 6.54 Å². The van der Waals surface area contributed by atoms with Gasteiger partial charge in [0.25, 0.3) is 0 Å². The molecule has 0 aliphatic carbocycles. The number of carbonyl (C=O) groups is 1. The summed E-state index contributed by atoms with van der Waals surface area (Å²) < 4.78 is 5.23. The third-order valence-corrected chi connectivity index (χ3v) is 3.07. The molecule has 2 heterocycles. The van der Waals surface area contributed by atoms with Crippen LogP contribution in [0, 0.1) is 0 Å². The van der Waals surface area contributed by atoms with Gasteiger partial charge in [0.1, 0.15) is 0 Å². The second-order valence-electron chi connectivity index (χ2n) is 4.36. The number of amides is 1. The molecular formula is C11H18N4O2. The molecule has 1 fully saturated rings. The lowest BCUT2D eigenvalue weighted by Crippen LogP contribution is -2.41. The van der Waals surface area contributed by atoms with Crippen LogP contribution in [0.4, 0.5) is 0 Å². The summed E-state index contributed by atoms with van der Waals surface area (Å²) in [6.45, 7) is 1.32. The average Bonchev–Trinajstić information content (AvgIpc) is 2.98. The van der Waals surface area contributed by atoms with Gasteiger partial charge in [-0.1, -0.05) is 0 Å². The van der Waals surface area contributed by atoms with E-state index >= 15 is 0 Å². The van der Waals surface area contributed by atoms with Gasteiger partial charge in [0, 0.05) is 39.0 Å². The van der Waals surface area contributed by atoms with Crippen molar-refractivity contribution in [1.29, 1.82) is 0 Å². The second kappa shape index (κ2) is 5.29. The standard InChI is InChI=1S/C11H18N4O2/c1-15(7-8-4-13-14-5-8)11(16)10-3-9(17-2)6-12-10/h4-5,9-10,12H,3,6-7H2,1-2H3,(H,13,14). The van der Waals surface area contributed by atoms with E-state index in [1.165, 1.54) is 0 Å². The van der Waals surface area contributed by atoms with Crippen LogP contribution in [-0.2, 0) is 16.1 Å². The highest BCUT2D eigenvalue weighted by molar-refractivity contribution is 5.82. The molecule has 0 radical (unpaired) electrons. The molecule has 2 atom stereocenters. The maximum atomic E-state index is 12.1. The van der Waals surface area contributed by atoms with Crippen molar-refractivity contribution < 1.29 is 9.53 Å². The SMILES string of the molecule is COC1CNC(C(=O)N(C)Cc2cn[nH]c2)C1. The number of carbonyl (C=O) groups excluding carboxylic acids is 1. The smallest absolute Gasteiger partial charge is 0.239 e. The fraction of sp³-hybridized carbons (Fsp3) is 0.636. The number of hydrogen-bond acceptors (Lipinski definition) is 4. The lowest BCUT2D eigenvalue weighted by atomic mass is 10.1. The summed E-state index contributed by atoms with van der Waals surface area (Å²) in [4.78, 5) is 13.8. The van der Waals surface area contributed by atoms with Crippen molar-refractivity contribution >= 4 is 5.91 Å². The quantitative estimate of drug-likeness (QED) is 0.758. The van der Waals surface area contributed by atoms with E-state index in [1.54, 1.807) is 31.5 Å². The van der Waals surface area contributed by atoms with Crippen molar-refractivity contribution in [2.24, 2.45) is 0 Å². The van der Waals surface area contributed by atoms with E-state index in [2.05, 4.69) is 15.5 Å². The summed E-state index contributed by atoms with van der Waals surface area (Å²) in [5.41, 5.74) is 1.00. The number of nitrogens with zero attached hydrogens (tertiary/aromatic N) is 2. The fourth-order valence-electron chi connectivity index (χ4n) is 2.05. The van der Waals surface area contributed by atoms with Gasteiger partial charge in [-0.15, -0.1) is 0 Å². The molecule has 2 unspecified atom stereocenters. The molecule has 1 saturated heterocycles. The Balaban J connectivity index is 1.87. The zero-order chi connectivity index (χ0) is 12.3. The van der Waals surface area contributed by atoms with Gasteiger partial charge in [0.05, 0.1) is 18.3 Å². The Morgan fingerprint density at radius 1 is 1.71 bits per heavy atom. The largest absolute Gasteiger partial charge is 0.380 e. The molecule has 1 aromatic rings. The van der Waals surface area contributed by atoms with Crippen LogP contribution in [0.3, 0.4) is 0 Å². The Kier molecular flexibility index (Phi) is 3.75. The summed E-state index contributed by atoms with van der Waals surface area (Å²) in [6.07, 6.45) is 4.41. The third-order valence-electron chi connectivity index (χ3n) is 3.07. The maximum absolute atomic E-state index is 12.1. The van der Waals surface area contributed by atoms with Gasteiger partial charge < -0.3 is 15.0 Å². The van der Waals surface area contributed by atoms with Gasteiger partial charge in [0.2, 0.25) is 5.91 Å². The predicted octanol–water partition coefficient (Wildman–Crippen LogP) is -0.255.